The lowest BCUT2D eigenvalue weighted by Gasteiger charge is -2.39. The van der Waals surface area contributed by atoms with Crippen LogP contribution in [-0.4, -0.2) is 55.5 Å². The number of rotatable bonds is 7. The Balaban J connectivity index is 1.49. The Labute approximate surface area is 205 Å². The van der Waals surface area contributed by atoms with Gasteiger partial charge in [0.25, 0.3) is 5.91 Å². The Kier molecular flexibility index (Phi) is 7.48. The van der Waals surface area contributed by atoms with Crippen molar-refractivity contribution in [2.75, 3.05) is 33.0 Å². The van der Waals surface area contributed by atoms with Crippen molar-refractivity contribution < 1.29 is 28.2 Å². The molecular weight excluding hydrogens is 451 g/mol. The largest absolute Gasteiger partial charge is 0.493 e. The van der Waals surface area contributed by atoms with Crippen LogP contribution in [0.1, 0.15) is 54.6 Å². The highest BCUT2D eigenvalue weighted by atomic mass is 19.1. The normalized spacial score (nSPS) is 19.7. The van der Waals surface area contributed by atoms with Gasteiger partial charge in [-0.1, -0.05) is 18.2 Å². The van der Waals surface area contributed by atoms with Crippen LogP contribution in [0.4, 0.5) is 9.18 Å². The second-order valence-electron chi connectivity index (χ2n) is 10.0. The van der Waals surface area contributed by atoms with Crippen LogP contribution >= 0.6 is 0 Å². The molecule has 2 aliphatic heterocycles. The molecule has 2 aromatic carbocycles. The third-order valence-corrected chi connectivity index (χ3v) is 6.27. The van der Waals surface area contributed by atoms with Crippen molar-refractivity contribution in [1.82, 2.24) is 10.2 Å². The maximum atomic E-state index is 12.8. The second-order valence-corrected chi connectivity index (χ2v) is 10.0. The van der Waals surface area contributed by atoms with E-state index in [0.717, 1.165) is 17.5 Å². The highest BCUT2D eigenvalue weighted by Gasteiger charge is 2.35. The van der Waals surface area contributed by atoms with Crippen molar-refractivity contribution in [1.29, 1.82) is 0 Å². The first-order chi connectivity index (χ1) is 16.7. The molecule has 0 saturated carbocycles. The van der Waals surface area contributed by atoms with Gasteiger partial charge in [0, 0.05) is 31.1 Å². The fourth-order valence-electron chi connectivity index (χ4n) is 4.58. The molecule has 0 aliphatic carbocycles. The van der Waals surface area contributed by atoms with E-state index in [4.69, 9.17) is 14.2 Å². The van der Waals surface area contributed by atoms with Crippen LogP contribution in [0.3, 0.4) is 0 Å². The van der Waals surface area contributed by atoms with Gasteiger partial charge in [-0.25, -0.2) is 9.18 Å². The number of nitrogens with one attached hydrogen (secondary N) is 1. The summed E-state index contributed by atoms with van der Waals surface area (Å²) in [6.07, 6.45) is 0.426. The summed E-state index contributed by atoms with van der Waals surface area (Å²) in [6.45, 7) is 7.05. The van der Waals surface area contributed by atoms with Crippen molar-refractivity contribution in [3.8, 4) is 11.5 Å². The summed E-state index contributed by atoms with van der Waals surface area (Å²) >= 11 is 0. The van der Waals surface area contributed by atoms with Gasteiger partial charge in [0.15, 0.2) is 0 Å². The number of ether oxygens (including phenoxy) is 3. The molecule has 1 fully saturated rings. The van der Waals surface area contributed by atoms with Crippen LogP contribution in [0.5, 0.6) is 11.5 Å². The molecule has 0 spiro atoms. The quantitative estimate of drug-likeness (QED) is 0.617. The second kappa shape index (κ2) is 10.5. The Morgan fingerprint density at radius 1 is 1.11 bits per heavy atom. The van der Waals surface area contributed by atoms with E-state index in [1.54, 1.807) is 11.0 Å². The third-order valence-electron chi connectivity index (χ3n) is 6.27. The number of alkyl halides is 1. The van der Waals surface area contributed by atoms with Gasteiger partial charge in [0.1, 0.15) is 30.4 Å². The number of piperidine rings is 1. The van der Waals surface area contributed by atoms with Crippen LogP contribution in [0.15, 0.2) is 42.5 Å². The molecule has 1 saturated heterocycles. The lowest BCUT2D eigenvalue weighted by molar-refractivity contribution is 0.0111. The predicted octanol–water partition coefficient (Wildman–Crippen LogP) is 4.70. The zero-order valence-electron chi connectivity index (χ0n) is 20.5. The zero-order valence-corrected chi connectivity index (χ0v) is 20.5. The summed E-state index contributed by atoms with van der Waals surface area (Å²) in [5.74, 6) is 1.33. The third kappa shape index (κ3) is 6.24. The van der Waals surface area contributed by atoms with Crippen LogP contribution in [-0.2, 0) is 11.3 Å². The Hall–Kier alpha value is -3.29. The van der Waals surface area contributed by atoms with E-state index in [0.29, 0.717) is 43.3 Å². The van der Waals surface area contributed by atoms with Gasteiger partial charge < -0.3 is 24.4 Å². The molecule has 0 radical (unpaired) electrons. The number of carbonyl (C=O) groups is 2. The number of likely N-dealkylation sites (tertiary alicyclic amines) is 1. The fourth-order valence-corrected chi connectivity index (χ4v) is 4.58. The van der Waals surface area contributed by atoms with Gasteiger partial charge in [-0.05, 0) is 68.5 Å². The van der Waals surface area contributed by atoms with Gasteiger partial charge >= 0.3 is 6.09 Å². The van der Waals surface area contributed by atoms with Gasteiger partial charge in [-0.3, -0.25) is 4.79 Å². The van der Waals surface area contributed by atoms with Crippen LogP contribution in [0.25, 0.3) is 0 Å². The van der Waals surface area contributed by atoms with Gasteiger partial charge in [0.2, 0.25) is 0 Å². The summed E-state index contributed by atoms with van der Waals surface area (Å²) < 4.78 is 29.5. The molecule has 0 bridgehead atoms. The summed E-state index contributed by atoms with van der Waals surface area (Å²) in [5.41, 5.74) is 2.15. The Morgan fingerprint density at radius 3 is 2.57 bits per heavy atom. The molecule has 7 nitrogen and oxygen atoms in total. The molecule has 4 rings (SSSR count). The highest BCUT2D eigenvalue weighted by molar-refractivity contribution is 5.98. The summed E-state index contributed by atoms with van der Waals surface area (Å²) in [4.78, 5) is 26.5. The minimum Gasteiger partial charge on any atom is -0.493 e. The number of halogens is 1. The van der Waals surface area contributed by atoms with E-state index >= 15 is 0 Å². The van der Waals surface area contributed by atoms with E-state index in [1.165, 1.54) is 0 Å². The number of hydrogen-bond donors (Lipinski definition) is 1. The average molecular weight is 485 g/mol. The van der Waals surface area contributed by atoms with E-state index in [1.807, 2.05) is 57.2 Å². The number of benzene rings is 2. The standard InChI is InChI=1S/C27H33FN2O5/c1-27(2,3)35-26(32)30-12-10-23(18-4-7-21(8-5-18)33-13-11-28)20(16-30)17-34-22-9-6-19-15-29-25(31)24(19)14-22/h4-9,14,20,23H,10-13,15-17H2,1-3H3,(H,29,31)/t20-,23-/m0/s1. The van der Waals surface area contributed by atoms with E-state index in [9.17, 15) is 14.0 Å². The van der Waals surface area contributed by atoms with E-state index in [-0.39, 0.29) is 30.4 Å². The predicted molar refractivity (Wildman–Crippen MR) is 130 cm³/mol. The molecule has 35 heavy (non-hydrogen) atoms. The molecule has 2 atom stereocenters. The SMILES string of the molecule is CC(C)(C)OC(=O)N1CC[C@@H](c2ccc(OCCF)cc2)[C@H](COc2ccc3c(c2)C(=O)NC3)C1. The minimum absolute atomic E-state index is 0.0101. The van der Waals surface area contributed by atoms with E-state index in [2.05, 4.69) is 5.32 Å². The molecule has 8 heteroatoms. The summed E-state index contributed by atoms with van der Waals surface area (Å²) in [5, 5.41) is 2.82. The molecule has 188 valence electrons. The Morgan fingerprint density at radius 2 is 1.86 bits per heavy atom. The number of carbonyl (C=O) groups excluding carboxylic acids is 2. The van der Waals surface area contributed by atoms with Gasteiger partial charge in [-0.2, -0.15) is 0 Å². The van der Waals surface area contributed by atoms with Crippen LogP contribution in [0.2, 0.25) is 0 Å². The molecule has 0 unspecified atom stereocenters. The zero-order chi connectivity index (χ0) is 25.0. The topological polar surface area (TPSA) is 77.1 Å². The molecule has 1 N–H and O–H groups in total. The number of fused-ring (bicyclic) bond motifs is 1. The maximum Gasteiger partial charge on any atom is 0.410 e. The number of amides is 2. The van der Waals surface area contributed by atoms with Crippen molar-refractivity contribution in [3.05, 3.63) is 59.2 Å². The first-order valence-electron chi connectivity index (χ1n) is 12.0. The number of hydrogen-bond acceptors (Lipinski definition) is 5. The Bertz CT molecular complexity index is 1050. The van der Waals surface area contributed by atoms with Gasteiger partial charge in [0.05, 0.1) is 6.61 Å². The average Bonchev–Trinajstić information content (AvgIpc) is 3.20. The smallest absolute Gasteiger partial charge is 0.410 e. The van der Waals surface area contributed by atoms with Crippen LogP contribution < -0.4 is 14.8 Å². The number of nitrogens with zero attached hydrogens (tertiary/aromatic N) is 1. The molecule has 2 amide bonds. The lowest BCUT2D eigenvalue weighted by atomic mass is 9.81. The molecule has 2 heterocycles. The first-order valence-corrected chi connectivity index (χ1v) is 12.0. The molecule has 2 aromatic rings. The van der Waals surface area contributed by atoms with Crippen LogP contribution in [0, 0.1) is 5.92 Å². The van der Waals surface area contributed by atoms with Crippen molar-refractivity contribution in [2.45, 2.75) is 45.3 Å². The van der Waals surface area contributed by atoms with Crippen molar-refractivity contribution in [2.24, 2.45) is 5.92 Å². The molecule has 0 aromatic heterocycles. The van der Waals surface area contributed by atoms with Gasteiger partial charge in [-0.15, -0.1) is 0 Å². The fraction of sp³-hybridized carbons (Fsp3) is 0.481. The summed E-state index contributed by atoms with van der Waals surface area (Å²) in [7, 11) is 0. The van der Waals surface area contributed by atoms with Crippen molar-refractivity contribution >= 4 is 12.0 Å². The highest BCUT2D eigenvalue weighted by Crippen LogP contribution is 2.35. The lowest BCUT2D eigenvalue weighted by Crippen LogP contribution is -2.46. The summed E-state index contributed by atoms with van der Waals surface area (Å²) in [6, 6.07) is 13.2. The van der Waals surface area contributed by atoms with Crippen molar-refractivity contribution in [3.63, 3.8) is 0 Å². The molecular formula is C27H33FN2O5. The maximum absolute atomic E-state index is 12.8. The molecule has 2 aliphatic rings. The van der Waals surface area contributed by atoms with E-state index < -0.39 is 12.3 Å². The monoisotopic (exact) mass is 484 g/mol. The minimum atomic E-state index is -0.569. The first kappa shape index (κ1) is 24.8.